The first kappa shape index (κ1) is 22.3. The van der Waals surface area contributed by atoms with Gasteiger partial charge in [-0.3, -0.25) is 0 Å². The largest absolute Gasteiger partial charge is 0.489 e. The summed E-state index contributed by atoms with van der Waals surface area (Å²) in [5.74, 6) is 0.744. The van der Waals surface area contributed by atoms with Crippen LogP contribution in [0.1, 0.15) is 89.4 Å². The fourth-order valence-corrected chi connectivity index (χ4v) is 2.91. The van der Waals surface area contributed by atoms with Crippen LogP contribution in [0.15, 0.2) is 18.2 Å². The Kier molecular flexibility index (Phi) is 10.8. The van der Waals surface area contributed by atoms with Crippen LogP contribution < -0.4 is 9.47 Å². The molecule has 1 aromatic rings. The number of ether oxygens (including phenoxy) is 2. The number of carboxylic acids is 1. The summed E-state index contributed by atoms with van der Waals surface area (Å²) in [6, 6.07) is 4.92. The van der Waals surface area contributed by atoms with Gasteiger partial charge in [-0.15, -0.1) is 0 Å². The Hall–Kier alpha value is -1.71. The molecule has 0 aliphatic heterocycles. The van der Waals surface area contributed by atoms with Crippen molar-refractivity contribution in [3.05, 3.63) is 23.8 Å². The number of benzene rings is 1. The number of hydrogen-bond donors (Lipinski definition) is 1. The summed E-state index contributed by atoms with van der Waals surface area (Å²) in [6.45, 7) is 9.25. The maximum Gasteiger partial charge on any atom is 0.335 e. The Bertz CT molecular complexity index is 527. The molecule has 4 heteroatoms. The van der Waals surface area contributed by atoms with Crippen molar-refractivity contribution in [2.24, 2.45) is 5.92 Å². The van der Waals surface area contributed by atoms with E-state index in [9.17, 15) is 9.90 Å². The van der Waals surface area contributed by atoms with Gasteiger partial charge in [-0.1, -0.05) is 59.8 Å². The fraction of sp³-hybridized carbons (Fsp3) is 0.682. The van der Waals surface area contributed by atoms with Crippen molar-refractivity contribution in [1.29, 1.82) is 0 Å². The van der Waals surface area contributed by atoms with Crippen LogP contribution in [0.25, 0.3) is 0 Å². The average Bonchev–Trinajstić information content (AvgIpc) is 2.65. The van der Waals surface area contributed by atoms with Gasteiger partial charge < -0.3 is 14.6 Å². The third-order valence-corrected chi connectivity index (χ3v) is 4.84. The van der Waals surface area contributed by atoms with Crippen molar-refractivity contribution in [3.8, 4) is 11.5 Å². The van der Waals surface area contributed by atoms with Crippen molar-refractivity contribution in [3.63, 3.8) is 0 Å². The van der Waals surface area contributed by atoms with E-state index in [2.05, 4.69) is 27.7 Å². The lowest BCUT2D eigenvalue weighted by Crippen LogP contribution is -2.17. The molecule has 1 aromatic carbocycles. The van der Waals surface area contributed by atoms with Crippen LogP contribution in [0.5, 0.6) is 11.5 Å². The quantitative estimate of drug-likeness (QED) is 0.419. The highest BCUT2D eigenvalue weighted by Gasteiger charge is 2.16. The second-order valence-corrected chi connectivity index (χ2v) is 6.98. The van der Waals surface area contributed by atoms with Gasteiger partial charge in [-0.2, -0.15) is 0 Å². The highest BCUT2D eigenvalue weighted by Crippen LogP contribution is 2.31. The monoisotopic (exact) mass is 364 g/mol. The van der Waals surface area contributed by atoms with Gasteiger partial charge in [-0.05, 0) is 43.4 Å². The zero-order chi connectivity index (χ0) is 19.4. The molecular weight excluding hydrogens is 328 g/mol. The maximum absolute atomic E-state index is 11.3. The molecule has 148 valence electrons. The van der Waals surface area contributed by atoms with Gasteiger partial charge in [0.2, 0.25) is 0 Å². The van der Waals surface area contributed by atoms with Crippen LogP contribution in [0, 0.1) is 5.92 Å². The smallest absolute Gasteiger partial charge is 0.335 e. The highest BCUT2D eigenvalue weighted by atomic mass is 16.5. The summed E-state index contributed by atoms with van der Waals surface area (Å²) in [4.78, 5) is 11.3. The van der Waals surface area contributed by atoms with Gasteiger partial charge in [0.1, 0.15) is 0 Å². The van der Waals surface area contributed by atoms with Crippen molar-refractivity contribution in [2.45, 2.75) is 85.2 Å². The molecule has 0 amide bonds. The van der Waals surface area contributed by atoms with Crippen LogP contribution in [-0.2, 0) is 0 Å². The number of carboxylic acid groups (broad SMARTS) is 1. The van der Waals surface area contributed by atoms with E-state index >= 15 is 0 Å². The molecule has 0 aliphatic carbocycles. The molecule has 0 bridgehead atoms. The lowest BCUT2D eigenvalue weighted by Gasteiger charge is -2.21. The predicted molar refractivity (Wildman–Crippen MR) is 106 cm³/mol. The molecule has 26 heavy (non-hydrogen) atoms. The van der Waals surface area contributed by atoms with Gasteiger partial charge >= 0.3 is 5.97 Å². The number of aromatic carboxylic acids is 1. The second kappa shape index (κ2) is 12.6. The Morgan fingerprint density at radius 2 is 1.69 bits per heavy atom. The third-order valence-electron chi connectivity index (χ3n) is 4.84. The molecule has 0 aromatic heterocycles. The van der Waals surface area contributed by atoms with Crippen LogP contribution >= 0.6 is 0 Å². The molecule has 2 atom stereocenters. The molecular formula is C22H36O4. The van der Waals surface area contributed by atoms with Crippen LogP contribution in [-0.4, -0.2) is 23.8 Å². The lowest BCUT2D eigenvalue weighted by molar-refractivity contribution is 0.0696. The standard InChI is InChI=1S/C22H36O4/c1-5-9-11-17(7-3)16-25-21-15-18(22(23)24)13-14-20(21)26-19(8-4)12-10-6-2/h13-15,17,19H,5-12,16H2,1-4H3,(H,23,24). The minimum atomic E-state index is -0.947. The lowest BCUT2D eigenvalue weighted by atomic mass is 10.0. The van der Waals surface area contributed by atoms with E-state index in [0.29, 0.717) is 24.0 Å². The van der Waals surface area contributed by atoms with Gasteiger partial charge in [0.05, 0.1) is 18.3 Å². The molecule has 1 rings (SSSR count). The molecule has 0 aliphatic rings. The van der Waals surface area contributed by atoms with Crippen molar-refractivity contribution < 1.29 is 19.4 Å². The van der Waals surface area contributed by atoms with Crippen LogP contribution in [0.4, 0.5) is 0 Å². The first-order valence-corrected chi connectivity index (χ1v) is 10.2. The summed E-state index contributed by atoms with van der Waals surface area (Å²) >= 11 is 0. The zero-order valence-corrected chi connectivity index (χ0v) is 16.9. The van der Waals surface area contributed by atoms with E-state index in [0.717, 1.165) is 38.5 Å². The van der Waals surface area contributed by atoms with E-state index in [1.54, 1.807) is 18.2 Å². The van der Waals surface area contributed by atoms with Crippen LogP contribution in [0.2, 0.25) is 0 Å². The minimum absolute atomic E-state index is 0.134. The maximum atomic E-state index is 11.3. The summed E-state index contributed by atoms with van der Waals surface area (Å²) in [7, 11) is 0. The Balaban J connectivity index is 2.89. The van der Waals surface area contributed by atoms with E-state index in [1.807, 2.05) is 0 Å². The first-order valence-electron chi connectivity index (χ1n) is 10.2. The molecule has 0 saturated carbocycles. The van der Waals surface area contributed by atoms with E-state index < -0.39 is 5.97 Å². The van der Waals surface area contributed by atoms with Crippen molar-refractivity contribution in [2.75, 3.05) is 6.61 Å². The summed E-state index contributed by atoms with van der Waals surface area (Å²) in [6.07, 6.45) is 8.88. The van der Waals surface area contributed by atoms with E-state index in [-0.39, 0.29) is 11.7 Å². The average molecular weight is 365 g/mol. The normalized spacial score (nSPS) is 13.2. The van der Waals surface area contributed by atoms with Gasteiger partial charge in [0.25, 0.3) is 0 Å². The molecule has 1 N–H and O–H groups in total. The topological polar surface area (TPSA) is 55.8 Å². The number of carbonyl (C=O) groups is 1. The Morgan fingerprint density at radius 1 is 1.00 bits per heavy atom. The minimum Gasteiger partial charge on any atom is -0.489 e. The second-order valence-electron chi connectivity index (χ2n) is 6.98. The summed E-state index contributed by atoms with van der Waals surface area (Å²) in [5, 5.41) is 9.29. The summed E-state index contributed by atoms with van der Waals surface area (Å²) < 4.78 is 12.2. The molecule has 4 nitrogen and oxygen atoms in total. The van der Waals surface area contributed by atoms with Gasteiger partial charge in [0.15, 0.2) is 11.5 Å². The Labute approximate surface area is 158 Å². The molecule has 0 spiro atoms. The summed E-state index contributed by atoms with van der Waals surface area (Å²) in [5.41, 5.74) is 0.232. The molecule has 0 heterocycles. The van der Waals surface area contributed by atoms with Crippen LogP contribution in [0.3, 0.4) is 0 Å². The molecule has 0 saturated heterocycles. The zero-order valence-electron chi connectivity index (χ0n) is 16.9. The molecule has 0 fully saturated rings. The SMILES string of the molecule is CCCCC(CC)COc1cc(C(=O)O)ccc1OC(CC)CCCC. The predicted octanol–water partition coefficient (Wildman–Crippen LogP) is 6.33. The number of unbranched alkanes of at least 4 members (excludes halogenated alkanes) is 2. The van der Waals surface area contributed by atoms with E-state index in [1.165, 1.54) is 12.8 Å². The van der Waals surface area contributed by atoms with Gasteiger partial charge in [0, 0.05) is 0 Å². The van der Waals surface area contributed by atoms with Crippen molar-refractivity contribution >= 4 is 5.97 Å². The number of rotatable bonds is 14. The Morgan fingerprint density at radius 3 is 2.27 bits per heavy atom. The third kappa shape index (κ3) is 7.67. The molecule has 0 radical (unpaired) electrons. The molecule has 2 unspecified atom stereocenters. The highest BCUT2D eigenvalue weighted by molar-refractivity contribution is 5.88. The number of hydrogen-bond acceptors (Lipinski definition) is 3. The first-order chi connectivity index (χ1) is 12.5. The van der Waals surface area contributed by atoms with Crippen molar-refractivity contribution in [1.82, 2.24) is 0 Å². The van der Waals surface area contributed by atoms with E-state index in [4.69, 9.17) is 9.47 Å². The fourth-order valence-electron chi connectivity index (χ4n) is 2.91. The van der Waals surface area contributed by atoms with Gasteiger partial charge in [-0.25, -0.2) is 4.79 Å².